The molecule has 1 fully saturated rings. The highest BCUT2D eigenvalue weighted by molar-refractivity contribution is 5.95. The van der Waals surface area contributed by atoms with Gasteiger partial charge in [-0.25, -0.2) is 15.0 Å². The van der Waals surface area contributed by atoms with Gasteiger partial charge >= 0.3 is 0 Å². The standard InChI is InChI=1S/C26H26N6O/c33-26(32(23-9-5-2-6-10-23)18-21-7-3-1-4-8-21)22-11-14-30(15-12-22)24-17-25(29-19-28-24)31-16-13-27-20-31/h1-10,13,16-17,19-20,22H,11-12,14-15,18H2. The zero-order valence-corrected chi connectivity index (χ0v) is 18.4. The van der Waals surface area contributed by atoms with Crippen LogP contribution in [-0.4, -0.2) is 38.5 Å². The third kappa shape index (κ3) is 4.77. The average Bonchev–Trinajstić information content (AvgIpc) is 3.44. The van der Waals surface area contributed by atoms with Crippen molar-refractivity contribution in [1.29, 1.82) is 0 Å². The van der Waals surface area contributed by atoms with E-state index in [2.05, 4.69) is 32.0 Å². The molecule has 0 N–H and O–H groups in total. The lowest BCUT2D eigenvalue weighted by atomic mass is 9.94. The largest absolute Gasteiger partial charge is 0.356 e. The summed E-state index contributed by atoms with van der Waals surface area (Å²) in [6.45, 7) is 2.14. The predicted octanol–water partition coefficient (Wildman–Crippen LogP) is 4.11. The Bertz CT molecular complexity index is 1170. The maximum Gasteiger partial charge on any atom is 0.230 e. The number of anilines is 2. The molecular weight excluding hydrogens is 412 g/mol. The number of piperidine rings is 1. The Morgan fingerprint density at radius 2 is 1.64 bits per heavy atom. The minimum atomic E-state index is -0.0138. The van der Waals surface area contributed by atoms with Gasteiger partial charge in [0, 0.05) is 43.2 Å². The summed E-state index contributed by atoms with van der Waals surface area (Å²) < 4.78 is 1.86. The molecule has 0 aliphatic carbocycles. The minimum Gasteiger partial charge on any atom is -0.356 e. The number of hydrogen-bond donors (Lipinski definition) is 0. The van der Waals surface area contributed by atoms with E-state index in [9.17, 15) is 4.79 Å². The number of benzene rings is 2. The van der Waals surface area contributed by atoms with E-state index in [1.807, 2.05) is 70.3 Å². The van der Waals surface area contributed by atoms with Crippen molar-refractivity contribution in [2.24, 2.45) is 5.92 Å². The van der Waals surface area contributed by atoms with Gasteiger partial charge in [-0.2, -0.15) is 0 Å². The highest BCUT2D eigenvalue weighted by atomic mass is 16.2. The number of carbonyl (C=O) groups excluding carboxylic acids is 1. The van der Waals surface area contributed by atoms with Crippen LogP contribution in [0, 0.1) is 5.92 Å². The van der Waals surface area contributed by atoms with E-state index in [0.717, 1.165) is 48.8 Å². The summed E-state index contributed by atoms with van der Waals surface area (Å²) in [7, 11) is 0. The van der Waals surface area contributed by atoms with Gasteiger partial charge in [0.25, 0.3) is 0 Å². The molecular formula is C26H26N6O. The van der Waals surface area contributed by atoms with E-state index in [4.69, 9.17) is 0 Å². The molecule has 3 heterocycles. The number of amides is 1. The molecule has 0 bridgehead atoms. The fraction of sp³-hybridized carbons (Fsp3) is 0.231. The summed E-state index contributed by atoms with van der Waals surface area (Å²) in [5, 5.41) is 0. The Morgan fingerprint density at radius 1 is 0.939 bits per heavy atom. The van der Waals surface area contributed by atoms with Crippen molar-refractivity contribution >= 4 is 17.4 Å². The van der Waals surface area contributed by atoms with Crippen LogP contribution in [0.15, 0.2) is 91.8 Å². The zero-order chi connectivity index (χ0) is 22.5. The smallest absolute Gasteiger partial charge is 0.230 e. The van der Waals surface area contributed by atoms with E-state index in [0.29, 0.717) is 6.54 Å². The first-order valence-corrected chi connectivity index (χ1v) is 11.2. The Labute approximate surface area is 193 Å². The number of aromatic nitrogens is 4. The normalized spacial score (nSPS) is 14.2. The monoisotopic (exact) mass is 438 g/mol. The highest BCUT2D eigenvalue weighted by Crippen LogP contribution is 2.27. The van der Waals surface area contributed by atoms with Crippen molar-refractivity contribution in [3.05, 3.63) is 97.3 Å². The number of para-hydroxylation sites is 1. The molecule has 2 aromatic heterocycles. The third-order valence-electron chi connectivity index (χ3n) is 6.09. The van der Waals surface area contributed by atoms with Gasteiger partial charge in [-0.05, 0) is 30.5 Å². The molecule has 0 atom stereocenters. The number of nitrogens with zero attached hydrogens (tertiary/aromatic N) is 6. The Hall–Kier alpha value is -4.00. The molecule has 7 nitrogen and oxygen atoms in total. The van der Waals surface area contributed by atoms with Crippen molar-refractivity contribution in [2.45, 2.75) is 19.4 Å². The molecule has 4 aromatic rings. The number of carbonyl (C=O) groups is 1. The van der Waals surface area contributed by atoms with Crippen molar-refractivity contribution < 1.29 is 4.79 Å². The van der Waals surface area contributed by atoms with Crippen molar-refractivity contribution in [2.75, 3.05) is 22.9 Å². The van der Waals surface area contributed by atoms with Gasteiger partial charge in [0.2, 0.25) is 5.91 Å². The van der Waals surface area contributed by atoms with Gasteiger partial charge in [0.05, 0.1) is 6.54 Å². The fourth-order valence-electron chi connectivity index (χ4n) is 4.29. The number of imidazole rings is 1. The van der Waals surface area contributed by atoms with Crippen molar-refractivity contribution in [3.63, 3.8) is 0 Å². The van der Waals surface area contributed by atoms with Crippen LogP contribution in [-0.2, 0) is 11.3 Å². The highest BCUT2D eigenvalue weighted by Gasteiger charge is 2.30. The van der Waals surface area contributed by atoms with Crippen LogP contribution in [0.2, 0.25) is 0 Å². The molecule has 166 valence electrons. The van der Waals surface area contributed by atoms with Crippen molar-refractivity contribution in [1.82, 2.24) is 19.5 Å². The molecule has 33 heavy (non-hydrogen) atoms. The fourth-order valence-corrected chi connectivity index (χ4v) is 4.29. The maximum absolute atomic E-state index is 13.6. The number of rotatable bonds is 6. The van der Waals surface area contributed by atoms with E-state index in [-0.39, 0.29) is 11.8 Å². The molecule has 0 unspecified atom stereocenters. The van der Waals surface area contributed by atoms with Crippen LogP contribution < -0.4 is 9.80 Å². The quantitative estimate of drug-likeness (QED) is 0.453. The Morgan fingerprint density at radius 3 is 2.33 bits per heavy atom. The SMILES string of the molecule is O=C(C1CCN(c2cc(-n3ccnc3)ncn2)CC1)N(Cc1ccccc1)c1ccccc1. The van der Waals surface area contributed by atoms with E-state index < -0.39 is 0 Å². The van der Waals surface area contributed by atoms with Crippen LogP contribution in [0.4, 0.5) is 11.5 Å². The molecule has 7 heteroatoms. The lowest BCUT2D eigenvalue weighted by molar-refractivity contribution is -0.123. The van der Waals surface area contributed by atoms with Gasteiger partial charge in [-0.15, -0.1) is 0 Å². The van der Waals surface area contributed by atoms with Crippen LogP contribution in [0.25, 0.3) is 5.82 Å². The summed E-state index contributed by atoms with van der Waals surface area (Å²) in [6.07, 6.45) is 8.48. The maximum atomic E-state index is 13.6. The first-order chi connectivity index (χ1) is 16.3. The van der Waals surface area contributed by atoms with Crippen molar-refractivity contribution in [3.8, 4) is 5.82 Å². The van der Waals surface area contributed by atoms with Crippen LogP contribution in [0.1, 0.15) is 18.4 Å². The third-order valence-corrected chi connectivity index (χ3v) is 6.09. The van der Waals surface area contributed by atoms with Gasteiger partial charge in [-0.3, -0.25) is 9.36 Å². The minimum absolute atomic E-state index is 0.0138. The van der Waals surface area contributed by atoms with Crippen LogP contribution >= 0.6 is 0 Å². The second kappa shape index (κ2) is 9.65. The van der Waals surface area contributed by atoms with Gasteiger partial charge < -0.3 is 9.80 Å². The van der Waals surface area contributed by atoms with Gasteiger partial charge in [-0.1, -0.05) is 48.5 Å². The van der Waals surface area contributed by atoms with Gasteiger partial charge in [0.1, 0.15) is 24.3 Å². The molecule has 0 saturated carbocycles. The Balaban J connectivity index is 1.29. The molecule has 2 aromatic carbocycles. The van der Waals surface area contributed by atoms with Gasteiger partial charge in [0.15, 0.2) is 0 Å². The summed E-state index contributed by atoms with van der Waals surface area (Å²) >= 11 is 0. The second-order valence-corrected chi connectivity index (χ2v) is 8.21. The molecule has 1 amide bonds. The lowest BCUT2D eigenvalue weighted by Crippen LogP contribution is -2.42. The molecule has 1 aliphatic rings. The lowest BCUT2D eigenvalue weighted by Gasteiger charge is -2.35. The molecule has 1 aliphatic heterocycles. The topological polar surface area (TPSA) is 67.2 Å². The van der Waals surface area contributed by atoms with E-state index in [1.54, 1.807) is 18.9 Å². The molecule has 5 rings (SSSR count). The number of hydrogen-bond acceptors (Lipinski definition) is 5. The first kappa shape index (κ1) is 20.9. The summed E-state index contributed by atoms with van der Waals surface area (Å²) in [5.74, 6) is 1.84. The molecule has 0 spiro atoms. The molecule has 0 radical (unpaired) electrons. The van der Waals surface area contributed by atoms with E-state index in [1.165, 1.54) is 0 Å². The molecule has 1 saturated heterocycles. The Kier molecular flexibility index (Phi) is 6.10. The average molecular weight is 439 g/mol. The second-order valence-electron chi connectivity index (χ2n) is 8.21. The van der Waals surface area contributed by atoms with E-state index >= 15 is 0 Å². The zero-order valence-electron chi connectivity index (χ0n) is 18.4. The summed E-state index contributed by atoms with van der Waals surface area (Å²) in [6, 6.07) is 22.1. The summed E-state index contributed by atoms with van der Waals surface area (Å²) in [5.41, 5.74) is 2.06. The summed E-state index contributed by atoms with van der Waals surface area (Å²) in [4.78, 5) is 30.7. The predicted molar refractivity (Wildman–Crippen MR) is 128 cm³/mol. The first-order valence-electron chi connectivity index (χ1n) is 11.2. The van der Waals surface area contributed by atoms with Crippen LogP contribution in [0.3, 0.4) is 0 Å². The van der Waals surface area contributed by atoms with Crippen LogP contribution in [0.5, 0.6) is 0 Å².